The Balaban J connectivity index is 2.00. The number of aromatic nitrogens is 2. The monoisotopic (exact) mass is 298 g/mol. The molecule has 0 unspecified atom stereocenters. The molecule has 0 amide bonds. The van der Waals surface area contributed by atoms with Crippen molar-refractivity contribution in [3.05, 3.63) is 45.9 Å². The highest BCUT2D eigenvalue weighted by atomic mass is 16.3. The van der Waals surface area contributed by atoms with Crippen LogP contribution in [0.4, 0.5) is 0 Å². The highest BCUT2D eigenvalue weighted by Crippen LogP contribution is 2.66. The van der Waals surface area contributed by atoms with E-state index in [4.69, 9.17) is 0 Å². The molecule has 4 nitrogen and oxygen atoms in total. The first-order valence-corrected chi connectivity index (χ1v) is 7.91. The van der Waals surface area contributed by atoms with Crippen LogP contribution in [0.3, 0.4) is 0 Å². The number of benzene rings is 1. The van der Waals surface area contributed by atoms with Crippen LogP contribution in [0.2, 0.25) is 0 Å². The van der Waals surface area contributed by atoms with E-state index in [0.29, 0.717) is 5.92 Å². The number of fused-ring (bicyclic) bond motifs is 5. The number of hydrogen-bond acceptors (Lipinski definition) is 2. The standard InChI is InChI=1S/C18H22N2O2/c1-17(2)13-9-10-18(17,3)15-14(13)16(22)20(19(15)4)11-5-7-12(21)8-6-11/h5-8,13,21H,9-10H2,1-4H3/t13-,18+/m1/s1. The first kappa shape index (κ1) is 13.7. The molecule has 2 aliphatic rings. The Morgan fingerprint density at radius 2 is 1.82 bits per heavy atom. The number of aromatic hydroxyl groups is 1. The normalized spacial score (nSPS) is 28.1. The Morgan fingerprint density at radius 1 is 1.18 bits per heavy atom. The van der Waals surface area contributed by atoms with Crippen LogP contribution in [-0.4, -0.2) is 14.5 Å². The predicted molar refractivity (Wildman–Crippen MR) is 85.8 cm³/mol. The van der Waals surface area contributed by atoms with Crippen LogP contribution in [0, 0.1) is 5.41 Å². The van der Waals surface area contributed by atoms with Gasteiger partial charge in [-0.25, -0.2) is 4.68 Å². The van der Waals surface area contributed by atoms with Crippen LogP contribution in [-0.2, 0) is 12.5 Å². The summed E-state index contributed by atoms with van der Waals surface area (Å²) < 4.78 is 3.78. The Bertz CT molecular complexity index is 826. The van der Waals surface area contributed by atoms with Crippen molar-refractivity contribution in [2.24, 2.45) is 12.5 Å². The van der Waals surface area contributed by atoms with Gasteiger partial charge in [-0.2, -0.15) is 0 Å². The minimum absolute atomic E-state index is 0.0586. The van der Waals surface area contributed by atoms with Crippen molar-refractivity contribution in [3.8, 4) is 11.4 Å². The van der Waals surface area contributed by atoms with Crippen molar-refractivity contribution < 1.29 is 5.11 Å². The lowest BCUT2D eigenvalue weighted by Crippen LogP contribution is -2.35. The lowest BCUT2D eigenvalue weighted by atomic mass is 9.70. The third kappa shape index (κ3) is 1.32. The van der Waals surface area contributed by atoms with Gasteiger partial charge in [0, 0.05) is 18.0 Å². The number of rotatable bonds is 1. The Labute approximate surface area is 130 Å². The van der Waals surface area contributed by atoms with Crippen LogP contribution in [0.25, 0.3) is 5.69 Å². The second-order valence-corrected chi connectivity index (χ2v) is 7.56. The fraction of sp³-hybridized carbons (Fsp3) is 0.500. The first-order chi connectivity index (χ1) is 10.3. The smallest absolute Gasteiger partial charge is 0.275 e. The molecule has 1 N–H and O–H groups in total. The van der Waals surface area contributed by atoms with E-state index >= 15 is 0 Å². The maximum atomic E-state index is 13.1. The lowest BCUT2D eigenvalue weighted by molar-refractivity contribution is 0.218. The average Bonchev–Trinajstić information content (AvgIpc) is 2.92. The van der Waals surface area contributed by atoms with Gasteiger partial charge in [0.2, 0.25) is 0 Å². The molecule has 4 rings (SSSR count). The van der Waals surface area contributed by atoms with E-state index in [-0.39, 0.29) is 22.1 Å². The summed E-state index contributed by atoms with van der Waals surface area (Å²) in [5.74, 6) is 0.566. The van der Waals surface area contributed by atoms with E-state index in [0.717, 1.165) is 24.1 Å². The SMILES string of the molecule is Cn1c2c(c(=O)n1-c1ccc(O)cc1)[C@H]1CC[C@]2(C)C1(C)C. The fourth-order valence-corrected chi connectivity index (χ4v) is 4.91. The summed E-state index contributed by atoms with van der Waals surface area (Å²) in [4.78, 5) is 13.1. The molecule has 1 aromatic heterocycles. The van der Waals surface area contributed by atoms with Crippen LogP contribution < -0.4 is 5.56 Å². The van der Waals surface area contributed by atoms with Crippen molar-refractivity contribution in [1.82, 2.24) is 9.36 Å². The van der Waals surface area contributed by atoms with Crippen molar-refractivity contribution in [2.75, 3.05) is 0 Å². The van der Waals surface area contributed by atoms with Gasteiger partial charge >= 0.3 is 0 Å². The van der Waals surface area contributed by atoms with Crippen LogP contribution in [0.15, 0.2) is 29.1 Å². The van der Waals surface area contributed by atoms with Gasteiger partial charge < -0.3 is 5.11 Å². The van der Waals surface area contributed by atoms with Gasteiger partial charge in [0.15, 0.2) is 0 Å². The second kappa shape index (κ2) is 3.86. The molecule has 2 aromatic rings. The van der Waals surface area contributed by atoms with E-state index < -0.39 is 0 Å². The molecule has 1 aromatic carbocycles. The number of hydrogen-bond donors (Lipinski definition) is 1. The van der Waals surface area contributed by atoms with Crippen LogP contribution >= 0.6 is 0 Å². The molecule has 2 atom stereocenters. The first-order valence-electron chi connectivity index (χ1n) is 7.91. The van der Waals surface area contributed by atoms with E-state index in [1.54, 1.807) is 28.9 Å². The molecule has 4 heteroatoms. The van der Waals surface area contributed by atoms with Gasteiger partial charge in [0.05, 0.1) is 11.4 Å². The molecule has 0 radical (unpaired) electrons. The summed E-state index contributed by atoms with van der Waals surface area (Å²) in [5, 5.41) is 9.47. The molecular formula is C18H22N2O2. The van der Waals surface area contributed by atoms with Gasteiger partial charge in [0.1, 0.15) is 5.75 Å². The average molecular weight is 298 g/mol. The molecule has 1 saturated carbocycles. The molecule has 2 bridgehead atoms. The predicted octanol–water partition coefficient (Wildman–Crippen LogP) is 3.06. The minimum Gasteiger partial charge on any atom is -0.508 e. The third-order valence-electron chi connectivity index (χ3n) is 6.49. The van der Waals surface area contributed by atoms with E-state index in [9.17, 15) is 9.90 Å². The van der Waals surface area contributed by atoms with E-state index in [1.165, 1.54) is 5.69 Å². The maximum Gasteiger partial charge on any atom is 0.275 e. The van der Waals surface area contributed by atoms with Crippen molar-refractivity contribution in [1.29, 1.82) is 0 Å². The summed E-state index contributed by atoms with van der Waals surface area (Å²) in [7, 11) is 1.98. The minimum atomic E-state index is 0.0586. The topological polar surface area (TPSA) is 47.2 Å². The number of phenolic OH excluding ortho intramolecular Hbond substituents is 1. The highest BCUT2D eigenvalue weighted by Gasteiger charge is 2.62. The van der Waals surface area contributed by atoms with Gasteiger partial charge in [-0.05, 0) is 48.4 Å². The van der Waals surface area contributed by atoms with E-state index in [1.807, 2.05) is 11.7 Å². The Morgan fingerprint density at radius 3 is 2.41 bits per heavy atom. The molecule has 22 heavy (non-hydrogen) atoms. The fourth-order valence-electron chi connectivity index (χ4n) is 4.91. The quantitative estimate of drug-likeness (QED) is 0.879. The second-order valence-electron chi connectivity index (χ2n) is 7.56. The molecule has 0 saturated heterocycles. The maximum absolute atomic E-state index is 13.1. The lowest BCUT2D eigenvalue weighted by Gasteiger charge is -2.36. The number of phenols is 1. The largest absolute Gasteiger partial charge is 0.508 e. The molecule has 0 aliphatic heterocycles. The van der Waals surface area contributed by atoms with Gasteiger partial charge in [-0.3, -0.25) is 9.48 Å². The molecule has 1 heterocycles. The van der Waals surface area contributed by atoms with Gasteiger partial charge in [-0.15, -0.1) is 0 Å². The van der Waals surface area contributed by atoms with Crippen molar-refractivity contribution >= 4 is 0 Å². The molecule has 1 fully saturated rings. The van der Waals surface area contributed by atoms with Crippen LogP contribution in [0.5, 0.6) is 5.75 Å². The van der Waals surface area contributed by atoms with Gasteiger partial charge in [-0.1, -0.05) is 20.8 Å². The third-order valence-corrected chi connectivity index (χ3v) is 6.49. The summed E-state index contributed by atoms with van der Waals surface area (Å²) in [5.41, 5.74) is 3.32. The van der Waals surface area contributed by atoms with Crippen LogP contribution in [0.1, 0.15) is 50.8 Å². The molecule has 0 spiro atoms. The molecular weight excluding hydrogens is 276 g/mol. The molecule has 2 aliphatic carbocycles. The summed E-state index contributed by atoms with van der Waals surface area (Å²) >= 11 is 0. The number of nitrogens with zero attached hydrogens (tertiary/aromatic N) is 2. The van der Waals surface area contributed by atoms with Crippen molar-refractivity contribution in [3.63, 3.8) is 0 Å². The zero-order valence-electron chi connectivity index (χ0n) is 13.6. The summed E-state index contributed by atoms with van der Waals surface area (Å²) in [6.45, 7) is 6.91. The molecule has 116 valence electrons. The Hall–Kier alpha value is -1.97. The summed E-state index contributed by atoms with van der Waals surface area (Å²) in [6.07, 6.45) is 2.25. The van der Waals surface area contributed by atoms with E-state index in [2.05, 4.69) is 20.8 Å². The zero-order chi connectivity index (χ0) is 15.9. The van der Waals surface area contributed by atoms with Gasteiger partial charge in [0.25, 0.3) is 5.56 Å². The zero-order valence-corrected chi connectivity index (χ0v) is 13.6. The Kier molecular flexibility index (Phi) is 2.40. The summed E-state index contributed by atoms with van der Waals surface area (Å²) in [6, 6.07) is 6.84. The highest BCUT2D eigenvalue weighted by molar-refractivity contribution is 5.47. The van der Waals surface area contributed by atoms with Crippen molar-refractivity contribution in [2.45, 2.75) is 44.9 Å².